The van der Waals surface area contributed by atoms with Gasteiger partial charge in [0, 0.05) is 16.1 Å². The number of nitrogens with one attached hydrogen (secondary N) is 2. The molecular weight excluding hydrogens is 314 g/mol. The van der Waals surface area contributed by atoms with Crippen molar-refractivity contribution in [2.75, 3.05) is 0 Å². The van der Waals surface area contributed by atoms with Crippen LogP contribution < -0.4 is 11.0 Å². The minimum atomic E-state index is -0.402. The van der Waals surface area contributed by atoms with Crippen LogP contribution in [-0.2, 0) is 0 Å². The van der Waals surface area contributed by atoms with E-state index in [0.29, 0.717) is 16.1 Å². The third kappa shape index (κ3) is 3.46. The summed E-state index contributed by atoms with van der Waals surface area (Å²) in [4.78, 5) is 26.6. The first-order valence-corrected chi connectivity index (χ1v) is 7.22. The summed E-state index contributed by atoms with van der Waals surface area (Å²) in [6, 6.07) is 15.6. The third-order valence-electron chi connectivity index (χ3n) is 3.24. The molecule has 0 unspecified atom stereocenters. The van der Waals surface area contributed by atoms with Gasteiger partial charge in [-0.25, -0.2) is 5.43 Å². The topological polar surface area (TPSA) is 74.3 Å². The molecule has 5 nitrogen and oxygen atoms in total. The SMILES string of the molecule is O=C(N/N=C/c1cc2ccccc2[nH]c1=O)c1cccc(Cl)c1. The standard InChI is InChI=1S/C17H12ClN3O2/c18-14-6-3-5-12(9-14)17(23)21-19-10-13-8-11-4-1-2-7-15(11)20-16(13)22/h1-10H,(H,20,22)(H,21,23)/b19-10+. The quantitative estimate of drug-likeness (QED) is 0.574. The largest absolute Gasteiger partial charge is 0.321 e. The molecule has 0 aliphatic rings. The third-order valence-corrected chi connectivity index (χ3v) is 3.47. The van der Waals surface area contributed by atoms with Crippen LogP contribution in [0.3, 0.4) is 0 Å². The number of rotatable bonds is 3. The van der Waals surface area contributed by atoms with E-state index in [2.05, 4.69) is 15.5 Å². The minimum Gasteiger partial charge on any atom is -0.321 e. The van der Waals surface area contributed by atoms with E-state index in [9.17, 15) is 9.59 Å². The highest BCUT2D eigenvalue weighted by molar-refractivity contribution is 6.30. The molecule has 2 N–H and O–H groups in total. The number of halogens is 1. The summed E-state index contributed by atoms with van der Waals surface area (Å²) in [5.41, 5.74) is 3.59. The molecule has 1 aromatic heterocycles. The fourth-order valence-corrected chi connectivity index (χ4v) is 2.31. The summed E-state index contributed by atoms with van der Waals surface area (Å²) in [5.74, 6) is -0.402. The Balaban J connectivity index is 1.79. The molecule has 0 fully saturated rings. The zero-order chi connectivity index (χ0) is 16.2. The number of hydrogen-bond acceptors (Lipinski definition) is 3. The Morgan fingerprint density at radius 1 is 1.13 bits per heavy atom. The summed E-state index contributed by atoms with van der Waals surface area (Å²) in [6.07, 6.45) is 1.31. The smallest absolute Gasteiger partial charge is 0.271 e. The van der Waals surface area contributed by atoms with Gasteiger partial charge in [-0.05, 0) is 35.7 Å². The van der Waals surface area contributed by atoms with Gasteiger partial charge in [-0.2, -0.15) is 5.10 Å². The van der Waals surface area contributed by atoms with E-state index in [0.717, 1.165) is 10.9 Å². The highest BCUT2D eigenvalue weighted by Gasteiger charge is 2.04. The van der Waals surface area contributed by atoms with Crippen LogP contribution in [0, 0.1) is 0 Å². The van der Waals surface area contributed by atoms with Crippen LogP contribution in [-0.4, -0.2) is 17.1 Å². The monoisotopic (exact) mass is 325 g/mol. The number of carbonyl (C=O) groups excluding carboxylic acids is 1. The van der Waals surface area contributed by atoms with Crippen molar-refractivity contribution in [3.8, 4) is 0 Å². The summed E-state index contributed by atoms with van der Waals surface area (Å²) >= 11 is 5.83. The first-order valence-electron chi connectivity index (χ1n) is 6.84. The van der Waals surface area contributed by atoms with Gasteiger partial charge in [0.2, 0.25) is 0 Å². The predicted octanol–water partition coefficient (Wildman–Crippen LogP) is 2.95. The zero-order valence-corrected chi connectivity index (χ0v) is 12.7. The van der Waals surface area contributed by atoms with Crippen LogP contribution in [0.4, 0.5) is 0 Å². The molecule has 0 aliphatic heterocycles. The maximum Gasteiger partial charge on any atom is 0.271 e. The lowest BCUT2D eigenvalue weighted by molar-refractivity contribution is 0.0955. The molecule has 1 amide bonds. The van der Waals surface area contributed by atoms with Crippen molar-refractivity contribution in [3.63, 3.8) is 0 Å². The van der Waals surface area contributed by atoms with E-state index in [1.54, 1.807) is 24.3 Å². The highest BCUT2D eigenvalue weighted by Crippen LogP contribution is 2.11. The number of fused-ring (bicyclic) bond motifs is 1. The molecule has 0 aliphatic carbocycles. The Labute approximate surface area is 136 Å². The molecule has 0 bridgehead atoms. The molecule has 0 radical (unpaired) electrons. The number of benzene rings is 2. The fourth-order valence-electron chi connectivity index (χ4n) is 2.11. The molecule has 23 heavy (non-hydrogen) atoms. The minimum absolute atomic E-state index is 0.274. The average molecular weight is 326 g/mol. The lowest BCUT2D eigenvalue weighted by Gasteiger charge is -2.01. The van der Waals surface area contributed by atoms with Gasteiger partial charge in [0.05, 0.1) is 11.8 Å². The van der Waals surface area contributed by atoms with Gasteiger partial charge in [-0.3, -0.25) is 9.59 Å². The second-order valence-electron chi connectivity index (χ2n) is 4.85. The maximum atomic E-state index is 11.9. The van der Waals surface area contributed by atoms with Gasteiger partial charge >= 0.3 is 0 Å². The van der Waals surface area contributed by atoms with Crippen LogP contribution in [0.2, 0.25) is 5.02 Å². The van der Waals surface area contributed by atoms with Crippen LogP contribution >= 0.6 is 11.6 Å². The first kappa shape index (κ1) is 15.0. The average Bonchev–Trinajstić information content (AvgIpc) is 2.55. The molecule has 0 atom stereocenters. The maximum absolute atomic E-state index is 11.9. The van der Waals surface area contributed by atoms with Crippen LogP contribution in [0.25, 0.3) is 10.9 Å². The Kier molecular flexibility index (Phi) is 4.21. The van der Waals surface area contributed by atoms with E-state index in [1.165, 1.54) is 12.3 Å². The van der Waals surface area contributed by atoms with E-state index in [1.807, 2.05) is 24.3 Å². The Morgan fingerprint density at radius 3 is 2.78 bits per heavy atom. The van der Waals surface area contributed by atoms with Crippen molar-refractivity contribution < 1.29 is 4.79 Å². The summed E-state index contributed by atoms with van der Waals surface area (Å²) in [5, 5.41) is 5.18. The van der Waals surface area contributed by atoms with Gasteiger partial charge in [0.15, 0.2) is 0 Å². The van der Waals surface area contributed by atoms with E-state index in [4.69, 9.17) is 11.6 Å². The molecule has 3 aromatic rings. The van der Waals surface area contributed by atoms with Crippen molar-refractivity contribution in [2.24, 2.45) is 5.10 Å². The van der Waals surface area contributed by atoms with Gasteiger partial charge in [-0.1, -0.05) is 35.9 Å². The zero-order valence-electron chi connectivity index (χ0n) is 11.9. The molecule has 0 spiro atoms. The summed E-state index contributed by atoms with van der Waals surface area (Å²) < 4.78 is 0. The second-order valence-corrected chi connectivity index (χ2v) is 5.29. The number of H-pyrrole nitrogens is 1. The fraction of sp³-hybridized carbons (Fsp3) is 0. The van der Waals surface area contributed by atoms with Gasteiger partial charge in [0.1, 0.15) is 0 Å². The van der Waals surface area contributed by atoms with Crippen LogP contribution in [0.5, 0.6) is 0 Å². The Hall–Kier alpha value is -2.92. The van der Waals surface area contributed by atoms with Gasteiger partial charge < -0.3 is 4.98 Å². The lowest BCUT2D eigenvalue weighted by atomic mass is 10.2. The van der Waals surface area contributed by atoms with Crippen LogP contribution in [0.15, 0.2) is 64.5 Å². The number of aromatic nitrogens is 1. The van der Waals surface area contributed by atoms with E-state index in [-0.39, 0.29) is 5.56 Å². The predicted molar refractivity (Wildman–Crippen MR) is 91.1 cm³/mol. The number of pyridine rings is 1. The molecule has 114 valence electrons. The second kappa shape index (κ2) is 6.46. The summed E-state index contributed by atoms with van der Waals surface area (Å²) in [7, 11) is 0. The van der Waals surface area contributed by atoms with Gasteiger partial charge in [-0.15, -0.1) is 0 Å². The number of hydrogen-bond donors (Lipinski definition) is 2. The number of para-hydroxylation sites is 1. The molecule has 0 saturated carbocycles. The van der Waals surface area contributed by atoms with Crippen molar-refractivity contribution in [1.82, 2.24) is 10.4 Å². The highest BCUT2D eigenvalue weighted by atomic mass is 35.5. The number of amides is 1. The lowest BCUT2D eigenvalue weighted by Crippen LogP contribution is -2.19. The number of nitrogens with zero attached hydrogens (tertiary/aromatic N) is 1. The van der Waals surface area contributed by atoms with Crippen molar-refractivity contribution in [1.29, 1.82) is 0 Å². The summed E-state index contributed by atoms with van der Waals surface area (Å²) in [6.45, 7) is 0. The first-order chi connectivity index (χ1) is 11.1. The van der Waals surface area contributed by atoms with Crippen LogP contribution in [0.1, 0.15) is 15.9 Å². The van der Waals surface area contributed by atoms with Crippen molar-refractivity contribution in [2.45, 2.75) is 0 Å². The Bertz CT molecular complexity index is 963. The molecule has 6 heteroatoms. The van der Waals surface area contributed by atoms with Crippen molar-refractivity contribution >= 4 is 34.6 Å². The number of carbonyl (C=O) groups is 1. The molecule has 2 aromatic carbocycles. The van der Waals surface area contributed by atoms with E-state index < -0.39 is 5.91 Å². The van der Waals surface area contributed by atoms with E-state index >= 15 is 0 Å². The van der Waals surface area contributed by atoms with Gasteiger partial charge in [0.25, 0.3) is 11.5 Å². The molecule has 3 rings (SSSR count). The van der Waals surface area contributed by atoms with Crippen molar-refractivity contribution in [3.05, 3.63) is 81.1 Å². The Morgan fingerprint density at radius 2 is 1.96 bits per heavy atom. The normalized spacial score (nSPS) is 11.0. The molecular formula is C17H12ClN3O2. The molecule has 0 saturated heterocycles. The number of hydrazone groups is 1. The molecule has 1 heterocycles. The number of aromatic amines is 1.